The van der Waals surface area contributed by atoms with Crippen molar-refractivity contribution in [3.05, 3.63) is 23.3 Å². The van der Waals surface area contributed by atoms with Gasteiger partial charge in [-0.2, -0.15) is 21.4 Å². The fourth-order valence-electron chi connectivity index (χ4n) is 1.42. The predicted molar refractivity (Wildman–Crippen MR) is 65.2 cm³/mol. The van der Waals surface area contributed by atoms with Crippen LogP contribution < -0.4 is 9.47 Å². The number of halogens is 2. The number of aromatic carboxylic acids is 1. The van der Waals surface area contributed by atoms with Crippen molar-refractivity contribution >= 4 is 18.6 Å². The summed E-state index contributed by atoms with van der Waals surface area (Å²) in [7, 11) is 1.35. The standard InChI is InChI=1S/C11H12F2O5S/c1-16-5-17-8-3-7(18-11(12)13)2-6(4-19)9(8)10(14)15/h2-3,11,19H,4-5H2,1H3,(H,14,15). The molecule has 19 heavy (non-hydrogen) atoms. The molecule has 0 aliphatic rings. The van der Waals surface area contributed by atoms with Gasteiger partial charge < -0.3 is 19.3 Å². The zero-order valence-electron chi connectivity index (χ0n) is 9.93. The largest absolute Gasteiger partial charge is 0.478 e. The van der Waals surface area contributed by atoms with Gasteiger partial charge in [0.2, 0.25) is 0 Å². The minimum Gasteiger partial charge on any atom is -0.478 e. The fraction of sp³-hybridized carbons (Fsp3) is 0.364. The summed E-state index contributed by atoms with van der Waals surface area (Å²) in [6.45, 7) is -3.23. The maximum atomic E-state index is 12.2. The first kappa shape index (κ1) is 15.5. The molecule has 1 aromatic carbocycles. The van der Waals surface area contributed by atoms with Crippen LogP contribution in [0.25, 0.3) is 0 Å². The average molecular weight is 294 g/mol. The van der Waals surface area contributed by atoms with E-state index in [0.29, 0.717) is 0 Å². The zero-order valence-corrected chi connectivity index (χ0v) is 10.8. The molecule has 0 aliphatic carbocycles. The Kier molecular flexibility index (Phi) is 5.84. The lowest BCUT2D eigenvalue weighted by molar-refractivity contribution is -0.0500. The minimum atomic E-state index is -3.02. The molecular weight excluding hydrogens is 282 g/mol. The molecule has 0 aliphatic heterocycles. The van der Waals surface area contributed by atoms with E-state index in [9.17, 15) is 13.6 Å². The van der Waals surface area contributed by atoms with E-state index in [0.717, 1.165) is 6.07 Å². The second kappa shape index (κ2) is 7.15. The van der Waals surface area contributed by atoms with Gasteiger partial charge in [-0.15, -0.1) is 0 Å². The first-order chi connectivity index (χ1) is 8.99. The smallest absolute Gasteiger partial charge is 0.387 e. The van der Waals surface area contributed by atoms with Crippen LogP contribution in [0, 0.1) is 0 Å². The molecule has 1 rings (SSSR count). The van der Waals surface area contributed by atoms with Gasteiger partial charge in [0.25, 0.3) is 0 Å². The number of hydrogen-bond acceptors (Lipinski definition) is 5. The minimum absolute atomic E-state index is 0.0331. The first-order valence-electron chi connectivity index (χ1n) is 5.07. The molecule has 0 unspecified atom stereocenters. The van der Waals surface area contributed by atoms with Crippen LogP contribution in [0.3, 0.4) is 0 Å². The number of methoxy groups -OCH3 is 1. The highest BCUT2D eigenvalue weighted by atomic mass is 32.1. The van der Waals surface area contributed by atoms with Crippen LogP contribution in [0.15, 0.2) is 12.1 Å². The van der Waals surface area contributed by atoms with Crippen LogP contribution in [0.4, 0.5) is 8.78 Å². The molecule has 0 saturated carbocycles. The Morgan fingerprint density at radius 2 is 2.16 bits per heavy atom. The van der Waals surface area contributed by atoms with Crippen LogP contribution in [0.5, 0.6) is 11.5 Å². The van der Waals surface area contributed by atoms with E-state index in [1.165, 1.54) is 13.2 Å². The summed E-state index contributed by atoms with van der Waals surface area (Å²) in [5.41, 5.74) is 0.0498. The van der Waals surface area contributed by atoms with Gasteiger partial charge in [0.1, 0.15) is 17.1 Å². The van der Waals surface area contributed by atoms with Crippen molar-refractivity contribution in [2.75, 3.05) is 13.9 Å². The number of thiol groups is 1. The van der Waals surface area contributed by atoms with E-state index < -0.39 is 12.6 Å². The van der Waals surface area contributed by atoms with E-state index in [4.69, 9.17) is 9.84 Å². The SMILES string of the molecule is COCOc1cc(OC(F)F)cc(CS)c1C(=O)O. The molecule has 0 radical (unpaired) electrons. The molecule has 5 nitrogen and oxygen atoms in total. The third-order valence-corrected chi connectivity index (χ3v) is 2.44. The van der Waals surface area contributed by atoms with Crippen molar-refractivity contribution < 1.29 is 32.9 Å². The number of ether oxygens (including phenoxy) is 3. The second-order valence-electron chi connectivity index (χ2n) is 3.35. The van der Waals surface area contributed by atoms with Crippen LogP contribution in [-0.2, 0) is 10.5 Å². The molecule has 1 aromatic rings. The number of carbonyl (C=O) groups is 1. The van der Waals surface area contributed by atoms with E-state index in [1.54, 1.807) is 0 Å². The Morgan fingerprint density at radius 3 is 2.63 bits per heavy atom. The van der Waals surface area contributed by atoms with Crippen LogP contribution in [-0.4, -0.2) is 31.6 Å². The Hall–Kier alpha value is -1.54. The molecule has 1 N–H and O–H groups in total. The summed E-state index contributed by atoms with van der Waals surface area (Å²) in [6.07, 6.45) is 0. The number of carboxylic acids is 1. The van der Waals surface area contributed by atoms with Gasteiger partial charge in [-0.05, 0) is 11.6 Å². The molecule has 0 amide bonds. The lowest BCUT2D eigenvalue weighted by Gasteiger charge is -2.14. The van der Waals surface area contributed by atoms with E-state index >= 15 is 0 Å². The molecule has 0 bridgehead atoms. The maximum Gasteiger partial charge on any atom is 0.387 e. The summed E-state index contributed by atoms with van der Waals surface area (Å²) in [5, 5.41) is 9.11. The summed E-state index contributed by atoms with van der Waals surface area (Å²) < 4.78 is 38.3. The van der Waals surface area contributed by atoms with Gasteiger partial charge in [-0.3, -0.25) is 0 Å². The highest BCUT2D eigenvalue weighted by Gasteiger charge is 2.19. The van der Waals surface area contributed by atoms with Crippen LogP contribution in [0.2, 0.25) is 0 Å². The fourth-order valence-corrected chi connectivity index (χ4v) is 1.67. The van der Waals surface area contributed by atoms with Crippen molar-refractivity contribution in [1.82, 2.24) is 0 Å². The third-order valence-electron chi connectivity index (χ3n) is 2.10. The second-order valence-corrected chi connectivity index (χ2v) is 3.66. The summed E-state index contributed by atoms with van der Waals surface area (Å²) >= 11 is 3.96. The summed E-state index contributed by atoms with van der Waals surface area (Å²) in [6, 6.07) is 2.25. The number of benzene rings is 1. The first-order valence-corrected chi connectivity index (χ1v) is 5.70. The normalized spacial score (nSPS) is 10.6. The van der Waals surface area contributed by atoms with E-state index in [1.807, 2.05) is 0 Å². The highest BCUT2D eigenvalue weighted by molar-refractivity contribution is 7.79. The van der Waals surface area contributed by atoms with E-state index in [2.05, 4.69) is 22.1 Å². The number of carboxylic acid groups (broad SMARTS) is 1. The Balaban J connectivity index is 3.23. The molecule has 0 aromatic heterocycles. The van der Waals surface area contributed by atoms with Gasteiger partial charge in [0, 0.05) is 18.9 Å². The molecule has 8 heteroatoms. The molecule has 0 saturated heterocycles. The lowest BCUT2D eigenvalue weighted by Crippen LogP contribution is -2.10. The topological polar surface area (TPSA) is 65.0 Å². The lowest BCUT2D eigenvalue weighted by atomic mass is 10.1. The van der Waals surface area contributed by atoms with Crippen molar-refractivity contribution in [1.29, 1.82) is 0 Å². The molecule has 0 atom stereocenters. The molecule has 0 heterocycles. The molecular formula is C11H12F2O5S. The molecule has 106 valence electrons. The van der Waals surface area contributed by atoms with Gasteiger partial charge in [0.15, 0.2) is 6.79 Å². The predicted octanol–water partition coefficient (Wildman–Crippen LogP) is 2.40. The van der Waals surface area contributed by atoms with Crippen LogP contribution in [0.1, 0.15) is 15.9 Å². The van der Waals surface area contributed by atoms with Crippen molar-refractivity contribution in [3.63, 3.8) is 0 Å². The van der Waals surface area contributed by atoms with Crippen molar-refractivity contribution in [2.24, 2.45) is 0 Å². The van der Waals surface area contributed by atoms with E-state index in [-0.39, 0.29) is 35.2 Å². The van der Waals surface area contributed by atoms with Crippen molar-refractivity contribution in [2.45, 2.75) is 12.4 Å². The Bertz CT molecular complexity index is 453. The number of hydrogen-bond donors (Lipinski definition) is 2. The van der Waals surface area contributed by atoms with Gasteiger partial charge in [0.05, 0.1) is 0 Å². The van der Waals surface area contributed by atoms with Gasteiger partial charge >= 0.3 is 12.6 Å². The summed E-state index contributed by atoms with van der Waals surface area (Å²) in [4.78, 5) is 11.2. The molecule has 0 fully saturated rings. The highest BCUT2D eigenvalue weighted by Crippen LogP contribution is 2.31. The summed E-state index contributed by atoms with van der Waals surface area (Å²) in [5.74, 6) is -1.53. The number of alkyl halides is 2. The Labute approximate surface area is 113 Å². The maximum absolute atomic E-state index is 12.2. The number of rotatable bonds is 7. The third kappa shape index (κ3) is 4.25. The van der Waals surface area contributed by atoms with Crippen LogP contribution >= 0.6 is 12.6 Å². The average Bonchev–Trinajstić information content (AvgIpc) is 2.34. The molecule has 0 spiro atoms. The van der Waals surface area contributed by atoms with Crippen molar-refractivity contribution in [3.8, 4) is 11.5 Å². The van der Waals surface area contributed by atoms with Gasteiger partial charge in [-0.1, -0.05) is 0 Å². The van der Waals surface area contributed by atoms with Gasteiger partial charge in [-0.25, -0.2) is 4.79 Å². The Morgan fingerprint density at radius 1 is 1.47 bits per heavy atom. The zero-order chi connectivity index (χ0) is 14.4. The monoisotopic (exact) mass is 294 g/mol. The quantitative estimate of drug-likeness (QED) is 0.597.